The van der Waals surface area contributed by atoms with E-state index in [4.69, 9.17) is 0 Å². The molecule has 1 aliphatic heterocycles. The smallest absolute Gasteiger partial charge is 0.122 e. The second-order valence-electron chi connectivity index (χ2n) is 5.02. The molecule has 0 atom stereocenters. The molecular formula is C14H19NO. The Kier molecular flexibility index (Phi) is 2.60. The van der Waals surface area contributed by atoms with Gasteiger partial charge in [-0.3, -0.25) is 0 Å². The van der Waals surface area contributed by atoms with E-state index in [0.29, 0.717) is 11.7 Å². The average Bonchev–Trinajstić information content (AvgIpc) is 2.80. The van der Waals surface area contributed by atoms with Crippen molar-refractivity contribution in [1.82, 2.24) is 5.32 Å². The van der Waals surface area contributed by atoms with Crippen LogP contribution in [0.4, 0.5) is 0 Å². The molecule has 86 valence electrons. The van der Waals surface area contributed by atoms with Crippen molar-refractivity contribution in [2.45, 2.75) is 38.0 Å². The van der Waals surface area contributed by atoms with Crippen molar-refractivity contribution in [3.05, 3.63) is 28.8 Å². The van der Waals surface area contributed by atoms with E-state index in [1.165, 1.54) is 23.1 Å². The number of phenols is 1. The summed E-state index contributed by atoms with van der Waals surface area (Å²) in [5.41, 5.74) is 3.80. The van der Waals surface area contributed by atoms with Gasteiger partial charge in [0.05, 0.1) is 0 Å². The molecule has 0 unspecified atom stereocenters. The average molecular weight is 217 g/mol. The highest BCUT2D eigenvalue weighted by atomic mass is 16.3. The van der Waals surface area contributed by atoms with E-state index >= 15 is 0 Å². The lowest BCUT2D eigenvalue weighted by Gasteiger charge is -2.24. The Hall–Kier alpha value is -1.02. The number of fused-ring (bicyclic) bond motifs is 1. The summed E-state index contributed by atoms with van der Waals surface area (Å²) in [7, 11) is 0. The van der Waals surface area contributed by atoms with E-state index < -0.39 is 0 Å². The molecule has 1 aromatic rings. The zero-order valence-corrected chi connectivity index (χ0v) is 9.63. The maximum Gasteiger partial charge on any atom is 0.122 e. The molecule has 2 aliphatic rings. The summed E-state index contributed by atoms with van der Waals surface area (Å²) in [6, 6.07) is 4.40. The first-order chi connectivity index (χ1) is 7.86. The summed E-state index contributed by atoms with van der Waals surface area (Å²) in [5, 5.41) is 13.7. The van der Waals surface area contributed by atoms with E-state index in [0.717, 1.165) is 38.8 Å². The zero-order valence-electron chi connectivity index (χ0n) is 9.63. The van der Waals surface area contributed by atoms with Crippen LogP contribution in [-0.4, -0.2) is 18.2 Å². The molecule has 2 nitrogen and oxygen atoms in total. The van der Waals surface area contributed by atoms with Gasteiger partial charge < -0.3 is 10.4 Å². The van der Waals surface area contributed by atoms with Crippen LogP contribution >= 0.6 is 0 Å². The first-order valence-electron chi connectivity index (χ1n) is 6.40. The minimum absolute atomic E-state index is 0.562. The SMILES string of the molecule is Oc1c(C2CCNCC2)ccc2c1CCC2. The number of phenolic OH excluding ortho intramolecular Hbond substituents is 1. The molecule has 0 spiro atoms. The highest BCUT2D eigenvalue weighted by Gasteiger charge is 2.23. The van der Waals surface area contributed by atoms with Crippen LogP contribution in [0.15, 0.2) is 12.1 Å². The fraction of sp³-hybridized carbons (Fsp3) is 0.571. The van der Waals surface area contributed by atoms with Gasteiger partial charge in [-0.05, 0) is 67.8 Å². The fourth-order valence-corrected chi connectivity index (χ4v) is 3.13. The number of hydrogen-bond donors (Lipinski definition) is 2. The number of hydrogen-bond acceptors (Lipinski definition) is 2. The van der Waals surface area contributed by atoms with Gasteiger partial charge in [0, 0.05) is 0 Å². The molecule has 0 aromatic heterocycles. The molecule has 1 aromatic carbocycles. The van der Waals surface area contributed by atoms with Crippen LogP contribution in [0.3, 0.4) is 0 Å². The fourth-order valence-electron chi connectivity index (χ4n) is 3.13. The Morgan fingerprint density at radius 1 is 1.12 bits per heavy atom. The summed E-state index contributed by atoms with van der Waals surface area (Å²) >= 11 is 0. The third-order valence-corrected chi connectivity index (χ3v) is 4.06. The lowest BCUT2D eigenvalue weighted by atomic mass is 9.87. The highest BCUT2D eigenvalue weighted by Crippen LogP contribution is 2.38. The van der Waals surface area contributed by atoms with Gasteiger partial charge in [-0.1, -0.05) is 12.1 Å². The van der Waals surface area contributed by atoms with E-state index in [2.05, 4.69) is 17.4 Å². The van der Waals surface area contributed by atoms with Crippen molar-refractivity contribution in [1.29, 1.82) is 0 Å². The molecule has 0 amide bonds. The number of aryl methyl sites for hydroxylation is 1. The van der Waals surface area contributed by atoms with Crippen LogP contribution in [0.5, 0.6) is 5.75 Å². The molecule has 1 aliphatic carbocycles. The van der Waals surface area contributed by atoms with E-state index in [1.54, 1.807) is 0 Å². The topological polar surface area (TPSA) is 32.3 Å². The highest BCUT2D eigenvalue weighted by molar-refractivity contribution is 5.49. The maximum atomic E-state index is 10.3. The van der Waals surface area contributed by atoms with Crippen LogP contribution in [0, 0.1) is 0 Å². The van der Waals surface area contributed by atoms with Crippen molar-refractivity contribution in [2.24, 2.45) is 0 Å². The molecule has 3 rings (SSSR count). The minimum Gasteiger partial charge on any atom is -0.507 e. The van der Waals surface area contributed by atoms with E-state index in [-0.39, 0.29) is 0 Å². The largest absolute Gasteiger partial charge is 0.507 e. The monoisotopic (exact) mass is 217 g/mol. The number of rotatable bonds is 1. The van der Waals surface area contributed by atoms with Gasteiger partial charge in [0.25, 0.3) is 0 Å². The lowest BCUT2D eigenvalue weighted by molar-refractivity contribution is 0.421. The Balaban J connectivity index is 1.95. The second kappa shape index (κ2) is 4.10. The van der Waals surface area contributed by atoms with E-state index in [1.807, 2.05) is 0 Å². The van der Waals surface area contributed by atoms with Crippen molar-refractivity contribution < 1.29 is 5.11 Å². The van der Waals surface area contributed by atoms with Crippen molar-refractivity contribution in [2.75, 3.05) is 13.1 Å². The first kappa shape index (κ1) is 10.2. The quantitative estimate of drug-likeness (QED) is 0.757. The molecule has 1 saturated heterocycles. The number of benzene rings is 1. The summed E-state index contributed by atoms with van der Waals surface area (Å²) < 4.78 is 0. The van der Waals surface area contributed by atoms with Crippen LogP contribution in [0.2, 0.25) is 0 Å². The number of aromatic hydroxyl groups is 1. The minimum atomic E-state index is 0.562. The van der Waals surface area contributed by atoms with Crippen molar-refractivity contribution >= 4 is 0 Å². The maximum absolute atomic E-state index is 10.3. The Bertz CT molecular complexity index is 394. The summed E-state index contributed by atoms with van der Waals surface area (Å²) in [6.45, 7) is 2.17. The van der Waals surface area contributed by atoms with Gasteiger partial charge in [0.2, 0.25) is 0 Å². The molecule has 1 fully saturated rings. The first-order valence-corrected chi connectivity index (χ1v) is 6.40. The predicted octanol–water partition coefficient (Wildman–Crippen LogP) is 2.35. The van der Waals surface area contributed by atoms with Crippen LogP contribution in [0.25, 0.3) is 0 Å². The van der Waals surface area contributed by atoms with Crippen LogP contribution < -0.4 is 5.32 Å². The van der Waals surface area contributed by atoms with Gasteiger partial charge in [0.1, 0.15) is 5.75 Å². The molecule has 0 saturated carbocycles. The predicted molar refractivity (Wildman–Crippen MR) is 65.0 cm³/mol. The molecule has 1 heterocycles. The number of nitrogens with one attached hydrogen (secondary N) is 1. The molecule has 0 bridgehead atoms. The zero-order chi connectivity index (χ0) is 11.0. The van der Waals surface area contributed by atoms with Crippen LogP contribution in [-0.2, 0) is 12.8 Å². The van der Waals surface area contributed by atoms with Gasteiger partial charge in [0.15, 0.2) is 0 Å². The summed E-state index contributed by atoms with van der Waals surface area (Å²) in [4.78, 5) is 0. The third-order valence-electron chi connectivity index (χ3n) is 4.06. The van der Waals surface area contributed by atoms with Gasteiger partial charge >= 0.3 is 0 Å². The van der Waals surface area contributed by atoms with Crippen molar-refractivity contribution in [3.8, 4) is 5.75 Å². The molecule has 16 heavy (non-hydrogen) atoms. The van der Waals surface area contributed by atoms with E-state index in [9.17, 15) is 5.11 Å². The second-order valence-corrected chi connectivity index (χ2v) is 5.02. The van der Waals surface area contributed by atoms with Crippen LogP contribution in [0.1, 0.15) is 41.9 Å². The summed E-state index contributed by atoms with van der Waals surface area (Å²) in [5.74, 6) is 1.18. The Labute approximate surface area is 96.7 Å². The van der Waals surface area contributed by atoms with Gasteiger partial charge in [-0.15, -0.1) is 0 Å². The molecule has 0 radical (unpaired) electrons. The molecule has 2 N–H and O–H groups in total. The Morgan fingerprint density at radius 3 is 2.75 bits per heavy atom. The summed E-state index contributed by atoms with van der Waals surface area (Å²) in [6.07, 6.45) is 5.74. The molecular weight excluding hydrogens is 198 g/mol. The van der Waals surface area contributed by atoms with Gasteiger partial charge in [-0.25, -0.2) is 0 Å². The number of piperidine rings is 1. The standard InChI is InChI=1S/C14H19NO/c16-14-12-3-1-2-10(12)4-5-13(14)11-6-8-15-9-7-11/h4-5,11,15-16H,1-3,6-9H2. The lowest BCUT2D eigenvalue weighted by Crippen LogP contribution is -2.26. The van der Waals surface area contributed by atoms with Crippen molar-refractivity contribution in [3.63, 3.8) is 0 Å². The van der Waals surface area contributed by atoms with Gasteiger partial charge in [-0.2, -0.15) is 0 Å². The molecule has 2 heteroatoms. The normalized spacial score (nSPS) is 21.0. The Morgan fingerprint density at radius 2 is 1.94 bits per heavy atom. The third kappa shape index (κ3) is 1.61.